The molecule has 0 bridgehead atoms. The number of nitrogens with zero attached hydrogens (tertiary/aromatic N) is 1. The van der Waals surface area contributed by atoms with Crippen molar-refractivity contribution in [3.8, 4) is 0 Å². The molecule has 0 aliphatic carbocycles. The Morgan fingerprint density at radius 2 is 1.76 bits per heavy atom. The van der Waals surface area contributed by atoms with Gasteiger partial charge in [-0.25, -0.2) is 13.2 Å². The summed E-state index contributed by atoms with van der Waals surface area (Å²) in [7, 11) is -3.71. The number of ether oxygens (including phenoxy) is 1. The topological polar surface area (TPSA) is 83.9 Å². The Morgan fingerprint density at radius 1 is 1.19 bits per heavy atom. The number of carbonyl (C=O) groups is 1. The predicted octanol–water partition coefficient (Wildman–Crippen LogP) is 1.33. The molecule has 0 radical (unpaired) electrons. The average molecular weight is 313 g/mol. The van der Waals surface area contributed by atoms with Crippen LogP contribution in [-0.4, -0.2) is 50.1 Å². The molecule has 1 aliphatic rings. The lowest BCUT2D eigenvalue weighted by molar-refractivity contribution is 0.0694. The fourth-order valence-corrected chi connectivity index (χ4v) is 4.65. The van der Waals surface area contributed by atoms with Gasteiger partial charge in [-0.1, -0.05) is 6.07 Å². The van der Waals surface area contributed by atoms with Crippen molar-refractivity contribution in [1.82, 2.24) is 4.31 Å². The van der Waals surface area contributed by atoms with Gasteiger partial charge in [0.2, 0.25) is 10.0 Å². The molecule has 1 saturated heterocycles. The molecule has 0 saturated carbocycles. The van der Waals surface area contributed by atoms with Crippen molar-refractivity contribution in [1.29, 1.82) is 0 Å². The van der Waals surface area contributed by atoms with E-state index in [9.17, 15) is 18.3 Å². The number of carboxylic acids is 1. The fourth-order valence-electron chi connectivity index (χ4n) is 2.81. The van der Waals surface area contributed by atoms with Gasteiger partial charge in [0.1, 0.15) is 0 Å². The third-order valence-electron chi connectivity index (χ3n) is 3.68. The summed E-state index contributed by atoms with van der Waals surface area (Å²) in [4.78, 5) is 11.5. The molecule has 1 aliphatic heterocycles. The SMILES string of the molecule is Cc1cc(C)c(S(=O)(=O)N2CCOCC2)c(C)c1C(=O)O. The second kappa shape index (κ2) is 5.75. The van der Waals surface area contributed by atoms with Gasteiger partial charge in [0, 0.05) is 13.1 Å². The first-order valence-electron chi connectivity index (χ1n) is 6.68. The van der Waals surface area contributed by atoms with Crippen molar-refractivity contribution in [3.63, 3.8) is 0 Å². The van der Waals surface area contributed by atoms with Crippen LogP contribution in [0, 0.1) is 20.8 Å². The lowest BCUT2D eigenvalue weighted by Crippen LogP contribution is -2.41. The van der Waals surface area contributed by atoms with E-state index in [0.717, 1.165) is 0 Å². The number of sulfonamides is 1. The van der Waals surface area contributed by atoms with Gasteiger partial charge in [0.25, 0.3) is 0 Å². The van der Waals surface area contributed by atoms with Gasteiger partial charge in [-0.2, -0.15) is 4.31 Å². The highest BCUT2D eigenvalue weighted by Crippen LogP contribution is 2.29. The van der Waals surface area contributed by atoms with Crippen molar-refractivity contribution >= 4 is 16.0 Å². The summed E-state index contributed by atoms with van der Waals surface area (Å²) in [6, 6.07) is 1.61. The van der Waals surface area contributed by atoms with Crippen LogP contribution in [0.15, 0.2) is 11.0 Å². The van der Waals surface area contributed by atoms with Crippen LogP contribution in [-0.2, 0) is 14.8 Å². The molecule has 1 heterocycles. The number of benzene rings is 1. The van der Waals surface area contributed by atoms with Crippen molar-refractivity contribution in [2.45, 2.75) is 25.7 Å². The third kappa shape index (κ3) is 2.81. The lowest BCUT2D eigenvalue weighted by atomic mass is 10.00. The number of hydrogen-bond donors (Lipinski definition) is 1. The summed E-state index contributed by atoms with van der Waals surface area (Å²) in [5.74, 6) is -1.11. The molecule has 1 aromatic carbocycles. The Labute approximate surface area is 124 Å². The Balaban J connectivity index is 2.62. The average Bonchev–Trinajstić information content (AvgIpc) is 2.38. The number of aromatic carboxylic acids is 1. The molecule has 0 atom stereocenters. The molecular formula is C14H19NO5S. The van der Waals surface area contributed by atoms with E-state index >= 15 is 0 Å². The van der Waals surface area contributed by atoms with Gasteiger partial charge in [0.05, 0.1) is 23.7 Å². The molecule has 1 fully saturated rings. The molecule has 0 unspecified atom stereocenters. The quantitative estimate of drug-likeness (QED) is 0.910. The summed E-state index contributed by atoms with van der Waals surface area (Å²) in [6.07, 6.45) is 0. The summed E-state index contributed by atoms with van der Waals surface area (Å²) in [6.45, 7) is 6.21. The second-order valence-corrected chi connectivity index (χ2v) is 7.04. The van der Waals surface area contributed by atoms with E-state index in [0.29, 0.717) is 29.9 Å². The summed E-state index contributed by atoms with van der Waals surface area (Å²) < 4.78 is 32.1. The van der Waals surface area contributed by atoms with Crippen LogP contribution < -0.4 is 0 Å². The third-order valence-corrected chi connectivity index (χ3v) is 5.87. The van der Waals surface area contributed by atoms with Gasteiger partial charge in [-0.15, -0.1) is 0 Å². The van der Waals surface area contributed by atoms with E-state index in [-0.39, 0.29) is 23.5 Å². The minimum absolute atomic E-state index is 0.0624. The molecule has 2 rings (SSSR count). The maximum Gasteiger partial charge on any atom is 0.336 e. The lowest BCUT2D eigenvalue weighted by Gasteiger charge is -2.28. The van der Waals surface area contributed by atoms with E-state index in [1.165, 1.54) is 4.31 Å². The number of carboxylic acid groups (broad SMARTS) is 1. The largest absolute Gasteiger partial charge is 0.478 e. The Hall–Kier alpha value is -1.44. The zero-order valence-electron chi connectivity index (χ0n) is 12.3. The monoisotopic (exact) mass is 313 g/mol. The van der Waals surface area contributed by atoms with E-state index in [1.807, 2.05) is 0 Å². The number of hydrogen-bond acceptors (Lipinski definition) is 4. The van der Waals surface area contributed by atoms with Gasteiger partial charge in [-0.3, -0.25) is 0 Å². The minimum atomic E-state index is -3.71. The molecule has 0 spiro atoms. The molecule has 1 aromatic rings. The van der Waals surface area contributed by atoms with Crippen LogP contribution in [0.2, 0.25) is 0 Å². The normalized spacial score (nSPS) is 16.9. The summed E-state index contributed by atoms with van der Waals surface area (Å²) in [5.41, 5.74) is 1.50. The summed E-state index contributed by atoms with van der Waals surface area (Å²) in [5, 5.41) is 9.31. The van der Waals surface area contributed by atoms with Crippen LogP contribution in [0.5, 0.6) is 0 Å². The standard InChI is InChI=1S/C14H19NO5S/c1-9-8-10(2)13(11(3)12(9)14(16)17)21(18,19)15-4-6-20-7-5-15/h8H,4-7H2,1-3H3,(H,16,17). The molecule has 0 aromatic heterocycles. The molecule has 0 amide bonds. The van der Waals surface area contributed by atoms with Crippen molar-refractivity contribution in [2.75, 3.05) is 26.3 Å². The van der Waals surface area contributed by atoms with Crippen molar-refractivity contribution in [3.05, 3.63) is 28.3 Å². The van der Waals surface area contributed by atoms with Gasteiger partial charge < -0.3 is 9.84 Å². The Kier molecular flexibility index (Phi) is 4.36. The van der Waals surface area contributed by atoms with E-state index in [4.69, 9.17) is 4.74 Å². The van der Waals surface area contributed by atoms with E-state index in [2.05, 4.69) is 0 Å². The maximum absolute atomic E-state index is 12.8. The van der Waals surface area contributed by atoms with Gasteiger partial charge in [-0.05, 0) is 37.5 Å². The smallest absolute Gasteiger partial charge is 0.336 e. The number of rotatable bonds is 3. The van der Waals surface area contributed by atoms with E-state index < -0.39 is 16.0 Å². The zero-order chi connectivity index (χ0) is 15.8. The maximum atomic E-state index is 12.8. The molecular weight excluding hydrogens is 294 g/mol. The Morgan fingerprint density at radius 3 is 2.29 bits per heavy atom. The van der Waals surface area contributed by atoms with Crippen molar-refractivity contribution < 1.29 is 23.1 Å². The molecule has 6 nitrogen and oxygen atoms in total. The van der Waals surface area contributed by atoms with Gasteiger partial charge in [0.15, 0.2) is 0 Å². The first-order chi connectivity index (χ1) is 9.76. The molecule has 1 N–H and O–H groups in total. The minimum Gasteiger partial charge on any atom is -0.478 e. The summed E-state index contributed by atoms with van der Waals surface area (Å²) >= 11 is 0. The number of aryl methyl sites for hydroxylation is 2. The predicted molar refractivity (Wildman–Crippen MR) is 77.2 cm³/mol. The highest BCUT2D eigenvalue weighted by atomic mass is 32.2. The van der Waals surface area contributed by atoms with Crippen LogP contribution in [0.4, 0.5) is 0 Å². The fraction of sp³-hybridized carbons (Fsp3) is 0.500. The van der Waals surface area contributed by atoms with Crippen LogP contribution >= 0.6 is 0 Å². The van der Waals surface area contributed by atoms with Crippen LogP contribution in [0.1, 0.15) is 27.0 Å². The van der Waals surface area contributed by atoms with E-state index in [1.54, 1.807) is 26.8 Å². The molecule has 21 heavy (non-hydrogen) atoms. The highest BCUT2D eigenvalue weighted by Gasteiger charge is 2.31. The number of morpholine rings is 1. The molecule has 7 heteroatoms. The second-order valence-electron chi connectivity index (χ2n) is 5.16. The highest BCUT2D eigenvalue weighted by molar-refractivity contribution is 7.89. The molecule has 116 valence electrons. The van der Waals surface area contributed by atoms with Crippen molar-refractivity contribution in [2.24, 2.45) is 0 Å². The first-order valence-corrected chi connectivity index (χ1v) is 8.12. The zero-order valence-corrected chi connectivity index (χ0v) is 13.2. The first kappa shape index (κ1) is 15.9. The van der Waals surface area contributed by atoms with Gasteiger partial charge >= 0.3 is 5.97 Å². The van der Waals surface area contributed by atoms with Crippen LogP contribution in [0.3, 0.4) is 0 Å². The Bertz CT molecular complexity index is 675. The van der Waals surface area contributed by atoms with Crippen LogP contribution in [0.25, 0.3) is 0 Å².